The van der Waals surface area contributed by atoms with E-state index in [4.69, 9.17) is 0 Å². The Morgan fingerprint density at radius 1 is 1.22 bits per heavy atom. The minimum Gasteiger partial charge on any atom is -0.272 e. The van der Waals surface area contributed by atoms with Gasteiger partial charge in [0.2, 0.25) is 0 Å². The highest BCUT2D eigenvalue weighted by Gasteiger charge is 2.36. The van der Waals surface area contributed by atoms with Crippen LogP contribution in [0.3, 0.4) is 0 Å². The summed E-state index contributed by atoms with van der Waals surface area (Å²) in [5.41, 5.74) is 1.95. The molecule has 2 rings (SSSR count). The van der Waals surface area contributed by atoms with Crippen LogP contribution < -0.4 is 0 Å². The van der Waals surface area contributed by atoms with Gasteiger partial charge in [0, 0.05) is 5.56 Å². The number of aromatic nitrogens is 2. The van der Waals surface area contributed by atoms with Gasteiger partial charge in [0.25, 0.3) is 0 Å². The van der Waals surface area contributed by atoms with Crippen molar-refractivity contribution >= 4 is 15.9 Å². The van der Waals surface area contributed by atoms with Crippen LogP contribution in [0, 0.1) is 13.8 Å². The number of hydrogen-bond donors (Lipinski definition) is 1. The van der Waals surface area contributed by atoms with Gasteiger partial charge in [-0.3, -0.25) is 5.10 Å². The fraction of sp³-hybridized carbons (Fsp3) is 0.250. The minimum absolute atomic E-state index is 0.0521. The fourth-order valence-corrected chi connectivity index (χ4v) is 2.30. The molecule has 0 fully saturated rings. The summed E-state index contributed by atoms with van der Waals surface area (Å²) in [5.74, 6) is 0. The maximum absolute atomic E-state index is 12.7. The summed E-state index contributed by atoms with van der Waals surface area (Å²) in [6, 6.07) is 5.58. The van der Waals surface area contributed by atoms with Crippen molar-refractivity contribution in [1.82, 2.24) is 10.2 Å². The maximum Gasteiger partial charge on any atom is 0.433 e. The number of alkyl halides is 3. The first-order valence-electron chi connectivity index (χ1n) is 5.19. The zero-order chi connectivity index (χ0) is 13.5. The van der Waals surface area contributed by atoms with E-state index in [2.05, 4.69) is 21.0 Å². The van der Waals surface area contributed by atoms with Gasteiger partial charge in [-0.15, -0.1) is 0 Å². The quantitative estimate of drug-likeness (QED) is 0.825. The average molecular weight is 319 g/mol. The Morgan fingerprint density at radius 2 is 1.89 bits per heavy atom. The molecular weight excluding hydrogens is 309 g/mol. The predicted molar refractivity (Wildman–Crippen MR) is 66.2 cm³/mol. The molecule has 0 spiro atoms. The number of hydrogen-bond acceptors (Lipinski definition) is 1. The number of nitrogens with zero attached hydrogens (tertiary/aromatic N) is 1. The van der Waals surface area contributed by atoms with Crippen molar-refractivity contribution in [1.29, 1.82) is 0 Å². The van der Waals surface area contributed by atoms with Crippen molar-refractivity contribution in [2.24, 2.45) is 0 Å². The first-order chi connectivity index (χ1) is 8.30. The van der Waals surface area contributed by atoms with Crippen molar-refractivity contribution in [2.45, 2.75) is 20.0 Å². The number of nitrogens with one attached hydrogen (secondary N) is 1. The summed E-state index contributed by atoms with van der Waals surface area (Å²) in [4.78, 5) is 0. The Labute approximate surface area is 110 Å². The van der Waals surface area contributed by atoms with Crippen LogP contribution in [-0.4, -0.2) is 10.2 Å². The van der Waals surface area contributed by atoms with Crippen LogP contribution in [0.25, 0.3) is 11.3 Å². The van der Waals surface area contributed by atoms with Crippen molar-refractivity contribution in [2.75, 3.05) is 0 Å². The van der Waals surface area contributed by atoms with Crippen molar-refractivity contribution in [3.05, 3.63) is 39.5 Å². The molecule has 0 unspecified atom stereocenters. The zero-order valence-corrected chi connectivity index (χ0v) is 11.3. The first-order valence-corrected chi connectivity index (χ1v) is 5.98. The van der Waals surface area contributed by atoms with Gasteiger partial charge in [-0.25, -0.2) is 0 Å². The smallest absolute Gasteiger partial charge is 0.272 e. The number of aryl methyl sites for hydroxylation is 2. The Balaban J connectivity index is 2.59. The van der Waals surface area contributed by atoms with Gasteiger partial charge in [-0.2, -0.15) is 18.3 Å². The molecule has 1 N–H and O–H groups in total. The molecule has 0 amide bonds. The lowest BCUT2D eigenvalue weighted by molar-refractivity contribution is -0.141. The van der Waals surface area contributed by atoms with Crippen LogP contribution in [-0.2, 0) is 6.18 Å². The van der Waals surface area contributed by atoms with E-state index in [-0.39, 0.29) is 10.2 Å². The highest BCUT2D eigenvalue weighted by molar-refractivity contribution is 9.10. The van der Waals surface area contributed by atoms with Crippen molar-refractivity contribution in [3.8, 4) is 11.3 Å². The lowest BCUT2D eigenvalue weighted by atomic mass is 10.0. The average Bonchev–Trinajstić information content (AvgIpc) is 2.63. The predicted octanol–water partition coefficient (Wildman–Crippen LogP) is 4.47. The molecule has 2 aromatic rings. The molecule has 0 radical (unpaired) electrons. The van der Waals surface area contributed by atoms with E-state index in [9.17, 15) is 13.2 Å². The van der Waals surface area contributed by atoms with Gasteiger partial charge in [0.15, 0.2) is 5.69 Å². The van der Waals surface area contributed by atoms with Gasteiger partial charge in [-0.1, -0.05) is 17.7 Å². The van der Waals surface area contributed by atoms with Crippen LogP contribution in [0.1, 0.15) is 16.8 Å². The molecule has 0 aliphatic heterocycles. The third kappa shape index (κ3) is 2.29. The first kappa shape index (κ1) is 13.1. The van der Waals surface area contributed by atoms with Crippen LogP contribution in [0.5, 0.6) is 0 Å². The Morgan fingerprint density at radius 3 is 2.44 bits per heavy atom. The van der Waals surface area contributed by atoms with Crippen molar-refractivity contribution < 1.29 is 13.2 Å². The van der Waals surface area contributed by atoms with E-state index in [0.29, 0.717) is 5.56 Å². The highest BCUT2D eigenvalue weighted by Crippen LogP contribution is 2.39. The molecule has 0 atom stereocenters. The number of rotatable bonds is 1. The van der Waals surface area contributed by atoms with E-state index in [1.165, 1.54) is 0 Å². The number of halogens is 4. The molecule has 96 valence electrons. The summed E-state index contributed by atoms with van der Waals surface area (Å²) < 4.78 is 37.9. The fourth-order valence-electron chi connectivity index (χ4n) is 1.69. The lowest BCUT2D eigenvalue weighted by Crippen LogP contribution is -2.06. The summed E-state index contributed by atoms with van der Waals surface area (Å²) >= 11 is 2.97. The molecule has 0 saturated carbocycles. The molecule has 0 aliphatic carbocycles. The second kappa shape index (κ2) is 4.42. The van der Waals surface area contributed by atoms with Gasteiger partial charge < -0.3 is 0 Å². The van der Waals surface area contributed by atoms with E-state index in [1.807, 2.05) is 37.1 Å². The molecule has 18 heavy (non-hydrogen) atoms. The third-order valence-electron chi connectivity index (χ3n) is 2.64. The largest absolute Gasteiger partial charge is 0.433 e. The van der Waals surface area contributed by atoms with E-state index >= 15 is 0 Å². The lowest BCUT2D eigenvalue weighted by Gasteiger charge is -2.06. The molecule has 1 aromatic heterocycles. The SMILES string of the molecule is Cc1ccc(C)c(-c2n[nH]c(C(F)(F)F)c2Br)c1. The van der Waals surface area contributed by atoms with Gasteiger partial charge in [0.1, 0.15) is 5.69 Å². The van der Waals surface area contributed by atoms with Gasteiger partial charge in [-0.05, 0) is 41.4 Å². The zero-order valence-electron chi connectivity index (χ0n) is 9.69. The van der Waals surface area contributed by atoms with Crippen molar-refractivity contribution in [3.63, 3.8) is 0 Å². The second-order valence-electron chi connectivity index (χ2n) is 4.08. The van der Waals surface area contributed by atoms with Crippen LogP contribution in [0.2, 0.25) is 0 Å². The molecule has 1 aromatic carbocycles. The Hall–Kier alpha value is -1.30. The van der Waals surface area contributed by atoms with Crippen LogP contribution in [0.15, 0.2) is 22.7 Å². The number of aromatic amines is 1. The molecule has 2 nitrogen and oxygen atoms in total. The van der Waals surface area contributed by atoms with Crippen LogP contribution in [0.4, 0.5) is 13.2 Å². The van der Waals surface area contributed by atoms with Crippen LogP contribution >= 0.6 is 15.9 Å². The Kier molecular flexibility index (Phi) is 3.23. The summed E-state index contributed by atoms with van der Waals surface area (Å²) in [7, 11) is 0. The molecule has 1 heterocycles. The van der Waals surface area contributed by atoms with Gasteiger partial charge in [0.05, 0.1) is 4.47 Å². The molecule has 0 aliphatic rings. The van der Waals surface area contributed by atoms with E-state index in [0.717, 1.165) is 11.1 Å². The molecular formula is C12H10BrF3N2. The summed E-state index contributed by atoms with van der Waals surface area (Å²) in [6.07, 6.45) is -4.44. The number of H-pyrrole nitrogens is 1. The molecule has 6 heteroatoms. The maximum atomic E-state index is 12.7. The highest BCUT2D eigenvalue weighted by atomic mass is 79.9. The standard InChI is InChI=1S/C12H10BrF3N2/c1-6-3-4-7(2)8(5-6)10-9(13)11(18-17-10)12(14,15)16/h3-5H,1-2H3,(H,17,18). The normalized spacial score (nSPS) is 11.9. The molecule has 0 saturated heterocycles. The van der Waals surface area contributed by atoms with Gasteiger partial charge >= 0.3 is 6.18 Å². The topological polar surface area (TPSA) is 28.7 Å². The second-order valence-corrected chi connectivity index (χ2v) is 4.87. The third-order valence-corrected chi connectivity index (χ3v) is 3.41. The van der Waals surface area contributed by atoms with E-state index < -0.39 is 11.9 Å². The number of benzene rings is 1. The summed E-state index contributed by atoms with van der Waals surface area (Å²) in [5, 5.41) is 5.80. The monoisotopic (exact) mass is 318 g/mol. The minimum atomic E-state index is -4.44. The summed E-state index contributed by atoms with van der Waals surface area (Å²) in [6.45, 7) is 3.72. The van der Waals surface area contributed by atoms with E-state index in [1.54, 1.807) is 0 Å². The Bertz CT molecular complexity index is 587. The molecule has 0 bridgehead atoms.